The first-order valence-corrected chi connectivity index (χ1v) is 11.0. The Morgan fingerprint density at radius 1 is 1.17 bits per heavy atom. The van der Waals surface area contributed by atoms with Crippen molar-refractivity contribution in [1.29, 1.82) is 0 Å². The molecular formula is C22H22ClN3O2S. The second-order valence-electron chi connectivity index (χ2n) is 7.23. The third-order valence-corrected chi connectivity index (χ3v) is 6.27. The van der Waals surface area contributed by atoms with Gasteiger partial charge in [-0.05, 0) is 43.4 Å². The van der Waals surface area contributed by atoms with Crippen LogP contribution in [0.4, 0.5) is 0 Å². The van der Waals surface area contributed by atoms with E-state index in [1.54, 1.807) is 6.07 Å². The average molecular weight is 428 g/mol. The zero-order chi connectivity index (χ0) is 20.2. The average Bonchev–Trinajstić information content (AvgIpc) is 3.49. The number of nitrogens with zero attached hydrogens (tertiary/aromatic N) is 3. The summed E-state index contributed by atoms with van der Waals surface area (Å²) in [6.45, 7) is 2.76. The highest BCUT2D eigenvalue weighted by Crippen LogP contribution is 2.36. The minimum absolute atomic E-state index is 0.0794. The third-order valence-electron chi connectivity index (χ3n) is 5.14. The number of hydrogen-bond acceptors (Lipinski definition) is 5. The molecule has 0 radical (unpaired) electrons. The van der Waals surface area contributed by atoms with Crippen LogP contribution in [0.3, 0.4) is 0 Å². The molecule has 0 bridgehead atoms. The summed E-state index contributed by atoms with van der Waals surface area (Å²) >= 11 is 7.45. The molecule has 0 N–H and O–H groups in total. The monoisotopic (exact) mass is 427 g/mol. The van der Waals surface area contributed by atoms with E-state index < -0.39 is 0 Å². The van der Waals surface area contributed by atoms with Gasteiger partial charge in [-0.25, -0.2) is 0 Å². The summed E-state index contributed by atoms with van der Waals surface area (Å²) in [4.78, 5) is 15.0. The van der Waals surface area contributed by atoms with E-state index >= 15 is 0 Å². The zero-order valence-electron chi connectivity index (χ0n) is 16.1. The van der Waals surface area contributed by atoms with Gasteiger partial charge in [0.1, 0.15) is 0 Å². The van der Waals surface area contributed by atoms with E-state index in [1.165, 1.54) is 24.6 Å². The van der Waals surface area contributed by atoms with Gasteiger partial charge < -0.3 is 9.32 Å². The van der Waals surface area contributed by atoms with E-state index in [0.29, 0.717) is 34.2 Å². The Hall–Kier alpha value is -2.31. The van der Waals surface area contributed by atoms with Gasteiger partial charge in [-0.2, -0.15) is 0 Å². The van der Waals surface area contributed by atoms with Gasteiger partial charge in [0, 0.05) is 12.6 Å². The van der Waals surface area contributed by atoms with Crippen molar-refractivity contribution < 1.29 is 9.21 Å². The van der Waals surface area contributed by atoms with E-state index in [0.717, 1.165) is 5.56 Å². The highest BCUT2D eigenvalue weighted by atomic mass is 35.5. The Kier molecular flexibility index (Phi) is 6.21. The van der Waals surface area contributed by atoms with Gasteiger partial charge in [0.05, 0.1) is 16.3 Å². The van der Waals surface area contributed by atoms with Crippen molar-refractivity contribution in [3.63, 3.8) is 0 Å². The van der Waals surface area contributed by atoms with Crippen LogP contribution in [0.2, 0.25) is 5.02 Å². The van der Waals surface area contributed by atoms with Crippen LogP contribution in [-0.2, 0) is 11.3 Å². The number of benzene rings is 2. The first-order chi connectivity index (χ1) is 14.1. The number of rotatable bonds is 8. The van der Waals surface area contributed by atoms with Crippen LogP contribution in [0.5, 0.6) is 0 Å². The molecule has 0 aliphatic heterocycles. The Balaban J connectivity index is 1.42. The summed E-state index contributed by atoms with van der Waals surface area (Å²) in [7, 11) is 0. The Morgan fingerprint density at radius 3 is 2.62 bits per heavy atom. The molecule has 2 aromatic carbocycles. The quantitative estimate of drug-likeness (QED) is 0.456. The van der Waals surface area contributed by atoms with Gasteiger partial charge in [-0.15, -0.1) is 10.2 Å². The Morgan fingerprint density at radius 2 is 1.90 bits per heavy atom. The smallest absolute Gasteiger partial charge is 0.277 e. The third kappa shape index (κ3) is 5.00. The lowest BCUT2D eigenvalue weighted by Gasteiger charge is -2.29. The molecular weight excluding hydrogens is 406 g/mol. The Bertz CT molecular complexity index is 975. The lowest BCUT2D eigenvalue weighted by atomic mass is 10.1. The van der Waals surface area contributed by atoms with Gasteiger partial charge in [0.25, 0.3) is 5.22 Å². The van der Waals surface area contributed by atoms with Gasteiger partial charge in [0.15, 0.2) is 0 Å². The normalized spacial score (nSPS) is 14.6. The minimum Gasteiger partial charge on any atom is -0.411 e. The molecule has 4 rings (SSSR count). The lowest BCUT2D eigenvalue weighted by Crippen LogP contribution is -2.40. The number of halogens is 1. The van der Waals surface area contributed by atoms with Crippen LogP contribution >= 0.6 is 23.4 Å². The molecule has 0 spiro atoms. The van der Waals surface area contributed by atoms with E-state index in [9.17, 15) is 4.79 Å². The van der Waals surface area contributed by atoms with Crippen molar-refractivity contribution in [1.82, 2.24) is 15.1 Å². The van der Waals surface area contributed by atoms with Gasteiger partial charge in [-0.1, -0.05) is 65.8 Å². The van der Waals surface area contributed by atoms with E-state index in [1.807, 2.05) is 41.3 Å². The molecule has 1 amide bonds. The topological polar surface area (TPSA) is 59.2 Å². The fourth-order valence-electron chi connectivity index (χ4n) is 3.29. The van der Waals surface area contributed by atoms with E-state index in [-0.39, 0.29) is 17.7 Å². The fourth-order valence-corrected chi connectivity index (χ4v) is 4.16. The van der Waals surface area contributed by atoms with Gasteiger partial charge >= 0.3 is 0 Å². The molecule has 1 saturated carbocycles. The molecule has 7 heteroatoms. The summed E-state index contributed by atoms with van der Waals surface area (Å²) in [6.07, 6.45) is 2.38. The summed E-state index contributed by atoms with van der Waals surface area (Å²) in [5, 5.41) is 9.04. The summed E-state index contributed by atoms with van der Waals surface area (Å²) in [5.74, 6) is 1.30. The second kappa shape index (κ2) is 9.01. The maximum atomic E-state index is 13.0. The number of carbonyl (C=O) groups is 1. The standard InChI is InChI=1S/C22H22ClN3O2S/c1-15(17-11-12-17)26(13-16-7-3-2-4-8-16)20(27)14-29-22-25-24-21(28-22)18-9-5-6-10-19(18)23/h2-10,15,17H,11-14H2,1H3. The molecule has 1 heterocycles. The first kappa shape index (κ1) is 20.0. The molecule has 1 unspecified atom stereocenters. The van der Waals surface area contributed by atoms with Crippen LogP contribution in [-0.4, -0.2) is 32.8 Å². The molecule has 150 valence electrons. The molecule has 5 nitrogen and oxygen atoms in total. The zero-order valence-corrected chi connectivity index (χ0v) is 17.7. The molecule has 1 fully saturated rings. The van der Waals surface area contributed by atoms with Crippen molar-refractivity contribution in [2.75, 3.05) is 5.75 Å². The van der Waals surface area contributed by atoms with Crippen molar-refractivity contribution in [3.8, 4) is 11.5 Å². The van der Waals surface area contributed by atoms with E-state index in [4.69, 9.17) is 16.0 Å². The van der Waals surface area contributed by atoms with Crippen molar-refractivity contribution >= 4 is 29.3 Å². The van der Waals surface area contributed by atoms with Crippen LogP contribution in [0.1, 0.15) is 25.3 Å². The van der Waals surface area contributed by atoms with Crippen LogP contribution in [0.25, 0.3) is 11.5 Å². The Labute approximate surface area is 179 Å². The predicted octanol–water partition coefficient (Wildman–Crippen LogP) is 5.31. The molecule has 29 heavy (non-hydrogen) atoms. The minimum atomic E-state index is 0.0794. The maximum Gasteiger partial charge on any atom is 0.277 e. The largest absolute Gasteiger partial charge is 0.411 e. The molecule has 1 aliphatic rings. The number of aromatic nitrogens is 2. The lowest BCUT2D eigenvalue weighted by molar-refractivity contribution is -0.131. The van der Waals surface area contributed by atoms with Crippen molar-refractivity contribution in [2.24, 2.45) is 5.92 Å². The van der Waals surface area contributed by atoms with Crippen molar-refractivity contribution in [2.45, 2.75) is 37.6 Å². The van der Waals surface area contributed by atoms with E-state index in [2.05, 4.69) is 29.3 Å². The summed E-state index contributed by atoms with van der Waals surface area (Å²) < 4.78 is 5.70. The van der Waals surface area contributed by atoms with Crippen LogP contribution < -0.4 is 0 Å². The summed E-state index contributed by atoms with van der Waals surface area (Å²) in [5.41, 5.74) is 1.82. The number of hydrogen-bond donors (Lipinski definition) is 0. The highest BCUT2D eigenvalue weighted by Gasteiger charge is 2.34. The summed E-state index contributed by atoms with van der Waals surface area (Å²) in [6, 6.07) is 17.6. The second-order valence-corrected chi connectivity index (χ2v) is 8.56. The molecule has 1 aromatic heterocycles. The molecule has 3 aromatic rings. The van der Waals surface area contributed by atoms with Crippen LogP contribution in [0.15, 0.2) is 64.2 Å². The molecule has 1 atom stereocenters. The first-order valence-electron chi connectivity index (χ1n) is 9.66. The predicted molar refractivity (Wildman–Crippen MR) is 115 cm³/mol. The molecule has 0 saturated heterocycles. The fraction of sp³-hybridized carbons (Fsp3) is 0.318. The maximum absolute atomic E-state index is 13.0. The number of carbonyl (C=O) groups excluding carboxylic acids is 1. The van der Waals surface area contributed by atoms with Crippen LogP contribution in [0, 0.1) is 5.92 Å². The SMILES string of the molecule is CC(C1CC1)N(Cc1ccccc1)C(=O)CSc1nnc(-c2ccccc2Cl)o1. The van der Waals surface area contributed by atoms with Crippen molar-refractivity contribution in [3.05, 3.63) is 65.2 Å². The molecule has 1 aliphatic carbocycles. The van der Waals surface area contributed by atoms with Gasteiger partial charge in [0.2, 0.25) is 11.8 Å². The number of amides is 1. The van der Waals surface area contributed by atoms with Gasteiger partial charge in [-0.3, -0.25) is 4.79 Å². The highest BCUT2D eigenvalue weighted by molar-refractivity contribution is 7.99. The number of thioether (sulfide) groups is 1.